The van der Waals surface area contributed by atoms with Crippen LogP contribution in [0.25, 0.3) is 22.2 Å². The van der Waals surface area contributed by atoms with Crippen LogP contribution in [0.15, 0.2) is 42.6 Å². The first-order valence-electron chi connectivity index (χ1n) is 6.84. The van der Waals surface area contributed by atoms with E-state index in [1.165, 1.54) is 29.8 Å². The summed E-state index contributed by atoms with van der Waals surface area (Å²) in [5.74, 6) is -0.256. The fourth-order valence-electron chi connectivity index (χ4n) is 2.82. The molecule has 98 valence electrons. The van der Waals surface area contributed by atoms with Crippen LogP contribution in [-0.2, 0) is 12.8 Å². The number of hydrogen-bond donors (Lipinski definition) is 0. The fraction of sp³-hybridized carbons (Fsp3) is 0.176. The number of benzene rings is 1. The highest BCUT2D eigenvalue weighted by Gasteiger charge is 2.13. The molecule has 3 heteroatoms. The van der Waals surface area contributed by atoms with E-state index in [0.29, 0.717) is 5.52 Å². The number of halogens is 1. The molecule has 0 fully saturated rings. The van der Waals surface area contributed by atoms with E-state index in [9.17, 15) is 4.39 Å². The molecule has 3 aromatic rings. The highest BCUT2D eigenvalue weighted by molar-refractivity contribution is 5.82. The first-order chi connectivity index (χ1) is 9.79. The SMILES string of the molecule is Fc1ccc2cc(-c3ccc4c(n3)CCC4)cnc2c1. The summed E-state index contributed by atoms with van der Waals surface area (Å²) in [6, 6.07) is 10.9. The van der Waals surface area contributed by atoms with Gasteiger partial charge in [0, 0.05) is 28.9 Å². The predicted octanol–water partition coefficient (Wildman–Crippen LogP) is 3.92. The van der Waals surface area contributed by atoms with Crippen LogP contribution in [-0.4, -0.2) is 9.97 Å². The van der Waals surface area contributed by atoms with Gasteiger partial charge < -0.3 is 0 Å². The van der Waals surface area contributed by atoms with Gasteiger partial charge in [-0.05, 0) is 49.1 Å². The van der Waals surface area contributed by atoms with Gasteiger partial charge in [0.2, 0.25) is 0 Å². The third kappa shape index (κ3) is 1.86. The summed E-state index contributed by atoms with van der Waals surface area (Å²) in [5, 5.41) is 0.936. The van der Waals surface area contributed by atoms with Crippen LogP contribution in [0, 0.1) is 5.82 Å². The zero-order chi connectivity index (χ0) is 13.5. The smallest absolute Gasteiger partial charge is 0.125 e. The third-order valence-electron chi connectivity index (χ3n) is 3.87. The quantitative estimate of drug-likeness (QED) is 0.665. The van der Waals surface area contributed by atoms with Crippen LogP contribution in [0.2, 0.25) is 0 Å². The minimum Gasteiger partial charge on any atom is -0.255 e. The van der Waals surface area contributed by atoms with Crippen LogP contribution in [0.4, 0.5) is 4.39 Å². The summed E-state index contributed by atoms with van der Waals surface area (Å²) >= 11 is 0. The minimum absolute atomic E-state index is 0.256. The third-order valence-corrected chi connectivity index (χ3v) is 3.87. The van der Waals surface area contributed by atoms with E-state index >= 15 is 0 Å². The zero-order valence-electron chi connectivity index (χ0n) is 10.9. The van der Waals surface area contributed by atoms with E-state index < -0.39 is 0 Å². The lowest BCUT2D eigenvalue weighted by Crippen LogP contribution is -1.92. The van der Waals surface area contributed by atoms with Crippen molar-refractivity contribution in [2.45, 2.75) is 19.3 Å². The number of rotatable bonds is 1. The summed E-state index contributed by atoms with van der Waals surface area (Å²) in [6.07, 6.45) is 5.17. The maximum Gasteiger partial charge on any atom is 0.125 e. The second kappa shape index (κ2) is 4.37. The van der Waals surface area contributed by atoms with Crippen molar-refractivity contribution in [3.63, 3.8) is 0 Å². The molecular weight excluding hydrogens is 251 g/mol. The Bertz CT molecular complexity index is 811. The molecule has 0 spiro atoms. The average Bonchev–Trinajstić information content (AvgIpc) is 2.94. The fourth-order valence-corrected chi connectivity index (χ4v) is 2.82. The zero-order valence-corrected chi connectivity index (χ0v) is 10.9. The topological polar surface area (TPSA) is 25.8 Å². The van der Waals surface area contributed by atoms with Crippen molar-refractivity contribution in [2.24, 2.45) is 0 Å². The van der Waals surface area contributed by atoms with Crippen molar-refractivity contribution in [1.82, 2.24) is 9.97 Å². The Morgan fingerprint density at radius 1 is 1.00 bits per heavy atom. The van der Waals surface area contributed by atoms with Crippen LogP contribution < -0.4 is 0 Å². The summed E-state index contributed by atoms with van der Waals surface area (Å²) in [7, 11) is 0. The standard InChI is InChI=1S/C17H13FN2/c18-14-6-4-12-8-13(10-19-17(12)9-14)16-7-5-11-2-1-3-15(11)20-16/h4-10H,1-3H2. The summed E-state index contributed by atoms with van der Waals surface area (Å²) < 4.78 is 13.2. The van der Waals surface area contributed by atoms with Crippen LogP contribution in [0.5, 0.6) is 0 Å². The van der Waals surface area contributed by atoms with E-state index in [1.807, 2.05) is 6.07 Å². The van der Waals surface area contributed by atoms with Crippen molar-refractivity contribution in [1.29, 1.82) is 0 Å². The largest absolute Gasteiger partial charge is 0.255 e. The molecule has 0 saturated heterocycles. The van der Waals surface area contributed by atoms with E-state index in [2.05, 4.69) is 17.1 Å². The van der Waals surface area contributed by atoms with Gasteiger partial charge in [0.25, 0.3) is 0 Å². The molecular formula is C17H13FN2. The molecule has 2 nitrogen and oxygen atoms in total. The second-order valence-corrected chi connectivity index (χ2v) is 5.22. The molecule has 0 atom stereocenters. The molecule has 0 bridgehead atoms. The molecule has 1 aromatic carbocycles. The van der Waals surface area contributed by atoms with Gasteiger partial charge in [-0.15, -0.1) is 0 Å². The molecule has 0 unspecified atom stereocenters. The number of aromatic nitrogens is 2. The Labute approximate surface area is 116 Å². The van der Waals surface area contributed by atoms with Gasteiger partial charge in [0.05, 0.1) is 11.2 Å². The van der Waals surface area contributed by atoms with Crippen LogP contribution in [0.1, 0.15) is 17.7 Å². The van der Waals surface area contributed by atoms with Gasteiger partial charge in [-0.3, -0.25) is 9.97 Å². The van der Waals surface area contributed by atoms with Crippen molar-refractivity contribution in [2.75, 3.05) is 0 Å². The number of nitrogens with zero attached hydrogens (tertiary/aromatic N) is 2. The van der Waals surface area contributed by atoms with Gasteiger partial charge in [-0.25, -0.2) is 4.39 Å². The normalized spacial score (nSPS) is 13.7. The first kappa shape index (κ1) is 11.5. The summed E-state index contributed by atoms with van der Waals surface area (Å²) in [4.78, 5) is 9.07. The maximum atomic E-state index is 13.2. The lowest BCUT2D eigenvalue weighted by Gasteiger charge is -2.05. The Morgan fingerprint density at radius 2 is 1.95 bits per heavy atom. The lowest BCUT2D eigenvalue weighted by atomic mass is 10.1. The molecule has 4 rings (SSSR count). The van der Waals surface area contributed by atoms with E-state index in [0.717, 1.165) is 29.5 Å². The summed E-state index contributed by atoms with van der Waals surface area (Å²) in [6.45, 7) is 0. The minimum atomic E-state index is -0.256. The molecule has 0 radical (unpaired) electrons. The summed E-state index contributed by atoms with van der Waals surface area (Å²) in [5.41, 5.74) is 5.18. The molecule has 20 heavy (non-hydrogen) atoms. The number of fused-ring (bicyclic) bond motifs is 2. The van der Waals surface area contributed by atoms with Crippen LogP contribution >= 0.6 is 0 Å². The van der Waals surface area contributed by atoms with Crippen molar-refractivity contribution in [3.05, 3.63) is 59.7 Å². The Balaban J connectivity index is 1.83. The van der Waals surface area contributed by atoms with E-state index in [-0.39, 0.29) is 5.82 Å². The number of hydrogen-bond acceptors (Lipinski definition) is 2. The second-order valence-electron chi connectivity index (χ2n) is 5.22. The predicted molar refractivity (Wildman–Crippen MR) is 77.0 cm³/mol. The number of aryl methyl sites for hydroxylation is 2. The van der Waals surface area contributed by atoms with Gasteiger partial charge in [0.1, 0.15) is 5.82 Å². The van der Waals surface area contributed by atoms with Crippen molar-refractivity contribution < 1.29 is 4.39 Å². The van der Waals surface area contributed by atoms with Gasteiger partial charge in [-0.1, -0.05) is 6.07 Å². The monoisotopic (exact) mass is 264 g/mol. The van der Waals surface area contributed by atoms with E-state index in [4.69, 9.17) is 4.98 Å². The molecule has 0 N–H and O–H groups in total. The maximum absolute atomic E-state index is 13.2. The molecule has 1 aliphatic rings. The van der Waals surface area contributed by atoms with Gasteiger partial charge in [-0.2, -0.15) is 0 Å². The molecule has 0 aliphatic heterocycles. The molecule has 2 aromatic heterocycles. The Hall–Kier alpha value is -2.29. The Kier molecular flexibility index (Phi) is 2.52. The van der Waals surface area contributed by atoms with E-state index in [1.54, 1.807) is 12.3 Å². The van der Waals surface area contributed by atoms with Crippen molar-refractivity contribution >= 4 is 10.9 Å². The molecule has 0 saturated carbocycles. The highest BCUT2D eigenvalue weighted by atomic mass is 19.1. The first-order valence-corrected chi connectivity index (χ1v) is 6.84. The van der Waals surface area contributed by atoms with Crippen molar-refractivity contribution in [3.8, 4) is 11.3 Å². The number of pyridine rings is 2. The van der Waals surface area contributed by atoms with Crippen LogP contribution in [0.3, 0.4) is 0 Å². The van der Waals surface area contributed by atoms with Gasteiger partial charge in [0.15, 0.2) is 0 Å². The highest BCUT2D eigenvalue weighted by Crippen LogP contribution is 2.26. The molecule has 2 heterocycles. The average molecular weight is 264 g/mol. The van der Waals surface area contributed by atoms with Gasteiger partial charge >= 0.3 is 0 Å². The molecule has 0 amide bonds. The Morgan fingerprint density at radius 3 is 2.90 bits per heavy atom. The molecule has 1 aliphatic carbocycles. The lowest BCUT2D eigenvalue weighted by molar-refractivity contribution is 0.629.